The van der Waals surface area contributed by atoms with E-state index in [1.807, 2.05) is 66.7 Å². The lowest BCUT2D eigenvalue weighted by Gasteiger charge is -2.11. The summed E-state index contributed by atoms with van der Waals surface area (Å²) in [5.41, 5.74) is 6.38. The molecule has 0 N–H and O–H groups in total. The zero-order chi connectivity index (χ0) is 28.0. The van der Waals surface area contributed by atoms with Gasteiger partial charge in [-0.15, -0.1) is 0 Å². The first kappa shape index (κ1) is 24.5. The second kappa shape index (κ2) is 9.95. The van der Waals surface area contributed by atoms with Crippen LogP contribution in [0.5, 0.6) is 0 Å². The number of rotatable bonds is 4. The zero-order valence-electron chi connectivity index (χ0n) is 22.3. The molecule has 0 aliphatic carbocycles. The van der Waals surface area contributed by atoms with Crippen molar-refractivity contribution >= 4 is 44.3 Å². The molecule has 6 aromatic carbocycles. The maximum Gasteiger partial charge on any atom is 0.164 e. The summed E-state index contributed by atoms with van der Waals surface area (Å²) in [4.78, 5) is 15.0. The third kappa shape index (κ3) is 4.30. The minimum absolute atomic E-state index is 0.536. The summed E-state index contributed by atoms with van der Waals surface area (Å²) in [7, 11) is 0. The van der Waals surface area contributed by atoms with Crippen LogP contribution >= 0.6 is 11.6 Å². The Balaban J connectivity index is 1.35. The van der Waals surface area contributed by atoms with Gasteiger partial charge >= 0.3 is 0 Å². The van der Waals surface area contributed by atoms with Crippen LogP contribution < -0.4 is 0 Å². The monoisotopic (exact) mass is 559 g/mol. The van der Waals surface area contributed by atoms with E-state index in [4.69, 9.17) is 31.0 Å². The van der Waals surface area contributed by atoms with Crippen molar-refractivity contribution in [3.05, 3.63) is 138 Å². The van der Waals surface area contributed by atoms with Crippen LogP contribution in [-0.4, -0.2) is 15.0 Å². The number of nitrogens with zero attached hydrogens (tertiary/aromatic N) is 3. The summed E-state index contributed by atoms with van der Waals surface area (Å²) in [6, 6.07) is 44.9. The molecule has 8 aromatic rings. The molecule has 5 heteroatoms. The molecule has 0 aliphatic rings. The highest BCUT2D eigenvalue weighted by atomic mass is 35.5. The summed E-state index contributed by atoms with van der Waals surface area (Å²) in [6.45, 7) is 0. The summed E-state index contributed by atoms with van der Waals surface area (Å²) >= 11 is 6.62. The van der Waals surface area contributed by atoms with E-state index in [2.05, 4.69) is 66.7 Å². The first-order valence-corrected chi connectivity index (χ1v) is 14.1. The number of aromatic nitrogens is 3. The van der Waals surface area contributed by atoms with E-state index in [1.54, 1.807) is 0 Å². The highest BCUT2D eigenvalue weighted by Gasteiger charge is 2.19. The van der Waals surface area contributed by atoms with E-state index in [9.17, 15) is 0 Å². The summed E-state index contributed by atoms with van der Waals surface area (Å²) in [5.74, 6) is 1.71. The number of halogens is 1. The SMILES string of the molecule is Clc1cc(-c2nc(-c3ccc(-c4ccccc4)cc3)nc(-c3ccc4ccccc4c3)n2)c2c(c1)oc1ccccc12. The smallest absolute Gasteiger partial charge is 0.164 e. The van der Waals surface area contributed by atoms with Crippen LogP contribution in [0.3, 0.4) is 0 Å². The van der Waals surface area contributed by atoms with Gasteiger partial charge in [0.05, 0.1) is 0 Å². The first-order chi connectivity index (χ1) is 20.7. The van der Waals surface area contributed by atoms with Crippen LogP contribution in [0.25, 0.3) is 78.0 Å². The molecule has 2 heterocycles. The Morgan fingerprint density at radius 1 is 0.452 bits per heavy atom. The van der Waals surface area contributed by atoms with Crippen molar-refractivity contribution in [1.29, 1.82) is 0 Å². The Labute approximate surface area is 246 Å². The van der Waals surface area contributed by atoms with Crippen LogP contribution in [-0.2, 0) is 0 Å². The Hall–Kier alpha value is -5.32. The van der Waals surface area contributed by atoms with Gasteiger partial charge in [0.25, 0.3) is 0 Å². The molecule has 0 radical (unpaired) electrons. The number of hydrogen-bond donors (Lipinski definition) is 0. The van der Waals surface area contributed by atoms with Gasteiger partial charge in [-0.3, -0.25) is 0 Å². The zero-order valence-corrected chi connectivity index (χ0v) is 23.1. The fourth-order valence-electron chi connectivity index (χ4n) is 5.52. The number of furan rings is 1. The normalized spacial score (nSPS) is 11.5. The molecule has 0 atom stereocenters. The lowest BCUT2D eigenvalue weighted by molar-refractivity contribution is 0.669. The average Bonchev–Trinajstić information content (AvgIpc) is 3.42. The van der Waals surface area contributed by atoms with Crippen molar-refractivity contribution in [3.8, 4) is 45.3 Å². The van der Waals surface area contributed by atoms with Crippen molar-refractivity contribution in [2.24, 2.45) is 0 Å². The van der Waals surface area contributed by atoms with Gasteiger partial charge in [0.15, 0.2) is 17.5 Å². The second-order valence-electron chi connectivity index (χ2n) is 10.2. The highest BCUT2D eigenvalue weighted by molar-refractivity contribution is 6.32. The molecule has 0 aliphatic heterocycles. The second-order valence-corrected chi connectivity index (χ2v) is 10.7. The Morgan fingerprint density at radius 2 is 1.07 bits per heavy atom. The molecule has 0 saturated carbocycles. The summed E-state index contributed by atoms with van der Waals surface area (Å²) < 4.78 is 6.17. The van der Waals surface area contributed by atoms with Gasteiger partial charge in [-0.2, -0.15) is 0 Å². The van der Waals surface area contributed by atoms with E-state index < -0.39 is 0 Å². The molecular formula is C37H22ClN3O. The summed E-state index contributed by atoms with van der Waals surface area (Å²) in [5, 5.41) is 4.75. The van der Waals surface area contributed by atoms with Crippen LogP contribution in [0.15, 0.2) is 138 Å². The van der Waals surface area contributed by atoms with Crippen LogP contribution in [0, 0.1) is 0 Å². The average molecular weight is 560 g/mol. The van der Waals surface area contributed by atoms with Gasteiger partial charge in [-0.05, 0) is 40.1 Å². The number of para-hydroxylation sites is 1. The van der Waals surface area contributed by atoms with Gasteiger partial charge in [0, 0.05) is 38.6 Å². The number of benzene rings is 6. The predicted molar refractivity (Wildman–Crippen MR) is 171 cm³/mol. The van der Waals surface area contributed by atoms with Crippen molar-refractivity contribution in [2.75, 3.05) is 0 Å². The Bertz CT molecular complexity index is 2260. The third-order valence-electron chi connectivity index (χ3n) is 7.58. The maximum absolute atomic E-state index is 6.62. The quantitative estimate of drug-likeness (QED) is 0.215. The molecule has 0 spiro atoms. The molecule has 2 aromatic heterocycles. The molecule has 42 heavy (non-hydrogen) atoms. The van der Waals surface area contributed by atoms with E-state index >= 15 is 0 Å². The van der Waals surface area contributed by atoms with Gasteiger partial charge in [0.2, 0.25) is 0 Å². The van der Waals surface area contributed by atoms with Gasteiger partial charge in [0.1, 0.15) is 11.2 Å². The minimum atomic E-state index is 0.536. The van der Waals surface area contributed by atoms with E-state index in [-0.39, 0.29) is 0 Å². The van der Waals surface area contributed by atoms with E-state index in [0.29, 0.717) is 28.1 Å². The maximum atomic E-state index is 6.62. The van der Waals surface area contributed by atoms with Gasteiger partial charge in [-0.1, -0.05) is 121 Å². The molecule has 198 valence electrons. The molecule has 4 nitrogen and oxygen atoms in total. The predicted octanol–water partition coefficient (Wildman–Crippen LogP) is 10.2. The molecule has 0 amide bonds. The fraction of sp³-hybridized carbons (Fsp3) is 0. The van der Waals surface area contributed by atoms with Crippen LogP contribution in [0.4, 0.5) is 0 Å². The van der Waals surface area contributed by atoms with Gasteiger partial charge in [-0.25, -0.2) is 15.0 Å². The molecule has 0 unspecified atom stereocenters. The minimum Gasteiger partial charge on any atom is -0.456 e. The largest absolute Gasteiger partial charge is 0.456 e. The molecule has 0 fully saturated rings. The Morgan fingerprint density at radius 3 is 1.90 bits per heavy atom. The lowest BCUT2D eigenvalue weighted by atomic mass is 10.0. The van der Waals surface area contributed by atoms with Crippen LogP contribution in [0.2, 0.25) is 5.02 Å². The molecular weight excluding hydrogens is 538 g/mol. The molecule has 8 rings (SSSR count). The van der Waals surface area contributed by atoms with E-state index in [1.165, 1.54) is 0 Å². The fourth-order valence-corrected chi connectivity index (χ4v) is 5.73. The van der Waals surface area contributed by atoms with Crippen molar-refractivity contribution in [3.63, 3.8) is 0 Å². The summed E-state index contributed by atoms with van der Waals surface area (Å²) in [6.07, 6.45) is 0. The molecule has 0 saturated heterocycles. The standard InChI is InChI=1S/C37H22ClN3O/c38-29-21-31(34-30-12-6-7-13-32(30)42-33(34)22-29)37-40-35(26-17-14-25(15-18-26)23-8-2-1-3-9-23)39-36(41-37)28-19-16-24-10-4-5-11-27(24)20-28/h1-22H. The third-order valence-corrected chi connectivity index (χ3v) is 7.80. The van der Waals surface area contributed by atoms with Crippen molar-refractivity contribution in [1.82, 2.24) is 15.0 Å². The van der Waals surface area contributed by atoms with Gasteiger partial charge < -0.3 is 4.42 Å². The van der Waals surface area contributed by atoms with Crippen molar-refractivity contribution in [2.45, 2.75) is 0 Å². The highest BCUT2D eigenvalue weighted by Crippen LogP contribution is 2.38. The first-order valence-electron chi connectivity index (χ1n) is 13.7. The number of fused-ring (bicyclic) bond motifs is 4. The Kier molecular flexibility index (Phi) is 5.80. The topological polar surface area (TPSA) is 51.8 Å². The lowest BCUT2D eigenvalue weighted by Crippen LogP contribution is -2.00. The van der Waals surface area contributed by atoms with E-state index in [0.717, 1.165) is 54.9 Å². The molecule has 0 bridgehead atoms. The van der Waals surface area contributed by atoms with Crippen molar-refractivity contribution < 1.29 is 4.42 Å². The number of hydrogen-bond acceptors (Lipinski definition) is 4. The van der Waals surface area contributed by atoms with Crippen LogP contribution in [0.1, 0.15) is 0 Å².